The van der Waals surface area contributed by atoms with Crippen LogP contribution in [-0.4, -0.2) is 14.0 Å². The molecule has 0 saturated carbocycles. The fourth-order valence-electron chi connectivity index (χ4n) is 1.17. The first-order chi connectivity index (χ1) is 6.91. The summed E-state index contributed by atoms with van der Waals surface area (Å²) in [6.07, 6.45) is 0. The van der Waals surface area contributed by atoms with E-state index < -0.39 is 16.3 Å². The van der Waals surface area contributed by atoms with Gasteiger partial charge in [-0.1, -0.05) is 15.9 Å². The first-order valence-electron chi connectivity index (χ1n) is 3.98. The molecule has 0 spiro atoms. The largest absolute Gasteiger partial charge is 0.306 e. The molecule has 0 bridgehead atoms. The fraction of sp³-hybridized carbons (Fsp3) is 0.222. The van der Waals surface area contributed by atoms with Gasteiger partial charge in [-0.15, -0.1) is 0 Å². The van der Waals surface area contributed by atoms with Crippen LogP contribution in [0.5, 0.6) is 0 Å². The number of hydrogen-bond donors (Lipinski definition) is 1. The van der Waals surface area contributed by atoms with Crippen molar-refractivity contribution >= 4 is 43.9 Å². The quantitative estimate of drug-likeness (QED) is 0.690. The molecular weight excluding hydrogens is 304 g/mol. The number of aryl methyl sites for hydroxylation is 1. The van der Waals surface area contributed by atoms with Crippen LogP contribution in [0.25, 0.3) is 0 Å². The van der Waals surface area contributed by atoms with E-state index in [9.17, 15) is 9.00 Å². The molecule has 3 nitrogen and oxygen atoms in total. The van der Waals surface area contributed by atoms with E-state index in [0.29, 0.717) is 15.6 Å². The van der Waals surface area contributed by atoms with Gasteiger partial charge in [-0.05, 0) is 41.8 Å². The van der Waals surface area contributed by atoms with Crippen LogP contribution < -0.4 is 0 Å². The van der Waals surface area contributed by atoms with E-state index in [1.807, 2.05) is 0 Å². The molecule has 0 aliphatic carbocycles. The highest BCUT2D eigenvalue weighted by Crippen LogP contribution is 2.24. The summed E-state index contributed by atoms with van der Waals surface area (Å²) < 4.78 is 20.1. The average Bonchev–Trinajstić information content (AvgIpc) is 2.08. The zero-order chi connectivity index (χ0) is 11.6. The minimum atomic E-state index is -1.94. The van der Waals surface area contributed by atoms with Gasteiger partial charge in [-0.2, -0.15) is 0 Å². The Morgan fingerprint density at radius 3 is 2.67 bits per heavy atom. The Morgan fingerprint density at radius 2 is 2.20 bits per heavy atom. The van der Waals surface area contributed by atoms with Crippen molar-refractivity contribution in [3.05, 3.63) is 33.3 Å². The summed E-state index contributed by atoms with van der Waals surface area (Å²) in [6.45, 7) is 1.75. The number of carbonyl (C=O) groups is 1. The molecule has 0 amide bonds. The van der Waals surface area contributed by atoms with Crippen LogP contribution >= 0.6 is 27.5 Å². The van der Waals surface area contributed by atoms with Crippen LogP contribution in [-0.2, 0) is 16.8 Å². The van der Waals surface area contributed by atoms with Gasteiger partial charge in [-0.3, -0.25) is 4.79 Å². The third-order valence-corrected chi connectivity index (χ3v) is 3.38. The van der Waals surface area contributed by atoms with Crippen LogP contribution in [0.15, 0.2) is 16.6 Å². The van der Waals surface area contributed by atoms with Crippen molar-refractivity contribution < 1.29 is 13.6 Å². The zero-order valence-electron chi connectivity index (χ0n) is 7.79. The first kappa shape index (κ1) is 12.8. The van der Waals surface area contributed by atoms with E-state index in [-0.39, 0.29) is 5.75 Å². The van der Waals surface area contributed by atoms with E-state index in [1.54, 1.807) is 13.0 Å². The van der Waals surface area contributed by atoms with Gasteiger partial charge in [0.05, 0.1) is 5.75 Å². The van der Waals surface area contributed by atoms with Crippen molar-refractivity contribution in [1.82, 2.24) is 0 Å². The summed E-state index contributed by atoms with van der Waals surface area (Å²) in [7, 11) is 0. The summed E-state index contributed by atoms with van der Waals surface area (Å²) in [5, 5.41) is -0.565. The van der Waals surface area contributed by atoms with E-state index >= 15 is 0 Å². The van der Waals surface area contributed by atoms with E-state index in [2.05, 4.69) is 15.9 Å². The third-order valence-electron chi connectivity index (χ3n) is 1.88. The van der Waals surface area contributed by atoms with Gasteiger partial charge in [0, 0.05) is 10.0 Å². The highest BCUT2D eigenvalue weighted by molar-refractivity contribution is 9.10. The van der Waals surface area contributed by atoms with Crippen LogP contribution in [0.3, 0.4) is 0 Å². The Morgan fingerprint density at radius 1 is 1.60 bits per heavy atom. The second kappa shape index (κ2) is 5.21. The van der Waals surface area contributed by atoms with Crippen LogP contribution in [0, 0.1) is 6.92 Å². The lowest BCUT2D eigenvalue weighted by Gasteiger charge is -2.06. The molecule has 0 radical (unpaired) electrons. The highest BCUT2D eigenvalue weighted by atomic mass is 79.9. The average molecular weight is 312 g/mol. The Bertz CT molecular complexity index is 434. The zero-order valence-corrected chi connectivity index (χ0v) is 10.9. The number of rotatable bonds is 3. The number of benzene rings is 1. The molecule has 1 rings (SSSR count). The van der Waals surface area contributed by atoms with Crippen LogP contribution in [0.4, 0.5) is 0 Å². The Hall–Kier alpha value is -0.230. The van der Waals surface area contributed by atoms with Crippen LogP contribution in [0.1, 0.15) is 21.5 Å². The summed E-state index contributed by atoms with van der Waals surface area (Å²) >= 11 is 6.70. The van der Waals surface area contributed by atoms with Crippen molar-refractivity contribution in [2.75, 3.05) is 0 Å². The topological polar surface area (TPSA) is 54.4 Å². The molecule has 1 unspecified atom stereocenters. The van der Waals surface area contributed by atoms with Crippen molar-refractivity contribution in [3.63, 3.8) is 0 Å². The van der Waals surface area contributed by atoms with E-state index in [0.717, 1.165) is 5.56 Å². The van der Waals surface area contributed by atoms with Gasteiger partial charge in [0.25, 0.3) is 5.24 Å². The maximum absolute atomic E-state index is 11.0. The smallest absolute Gasteiger partial charge is 0.252 e. The summed E-state index contributed by atoms with van der Waals surface area (Å²) in [6, 6.07) is 3.24. The van der Waals surface area contributed by atoms with Crippen molar-refractivity contribution in [2.24, 2.45) is 0 Å². The molecule has 82 valence electrons. The molecule has 6 heteroatoms. The molecule has 0 aliphatic heterocycles. The minimum Gasteiger partial charge on any atom is -0.306 e. The maximum atomic E-state index is 11.0. The molecule has 0 heterocycles. The molecule has 0 saturated heterocycles. The molecule has 15 heavy (non-hydrogen) atoms. The van der Waals surface area contributed by atoms with Gasteiger partial charge in [0.2, 0.25) is 0 Å². The van der Waals surface area contributed by atoms with E-state index in [4.69, 9.17) is 16.2 Å². The van der Waals surface area contributed by atoms with Gasteiger partial charge < -0.3 is 4.55 Å². The second-order valence-corrected chi connectivity index (χ2v) is 5.13. The Balaban J connectivity index is 3.23. The fourth-order valence-corrected chi connectivity index (χ4v) is 2.67. The Labute approximate surface area is 103 Å². The lowest BCUT2D eigenvalue weighted by molar-refractivity contribution is 0.108. The number of hydrogen-bond acceptors (Lipinski definition) is 2. The summed E-state index contributed by atoms with van der Waals surface area (Å²) in [4.78, 5) is 11.0. The van der Waals surface area contributed by atoms with E-state index in [1.165, 1.54) is 6.07 Å². The van der Waals surface area contributed by atoms with Gasteiger partial charge in [0.1, 0.15) is 0 Å². The van der Waals surface area contributed by atoms with Crippen molar-refractivity contribution in [3.8, 4) is 0 Å². The van der Waals surface area contributed by atoms with Crippen LogP contribution in [0.2, 0.25) is 0 Å². The summed E-state index contributed by atoms with van der Waals surface area (Å²) in [5.74, 6) is -0.0297. The SMILES string of the molecule is Cc1cc(Br)c(CS(=O)O)cc1C(=O)Cl. The molecule has 1 N–H and O–H groups in total. The number of halogens is 2. The van der Waals surface area contributed by atoms with Crippen molar-refractivity contribution in [1.29, 1.82) is 0 Å². The molecule has 0 aliphatic rings. The summed E-state index contributed by atoms with van der Waals surface area (Å²) in [5.41, 5.74) is 1.68. The molecule has 1 aromatic rings. The lowest BCUT2D eigenvalue weighted by Crippen LogP contribution is -2.00. The molecule has 1 atom stereocenters. The highest BCUT2D eigenvalue weighted by Gasteiger charge is 2.11. The predicted molar refractivity (Wildman–Crippen MR) is 63.5 cm³/mol. The van der Waals surface area contributed by atoms with Gasteiger partial charge >= 0.3 is 0 Å². The van der Waals surface area contributed by atoms with Gasteiger partial charge in [0.15, 0.2) is 11.1 Å². The monoisotopic (exact) mass is 310 g/mol. The third kappa shape index (κ3) is 3.38. The molecular formula is C9H8BrClO3S. The Kier molecular flexibility index (Phi) is 4.45. The lowest BCUT2D eigenvalue weighted by atomic mass is 10.1. The molecule has 0 fully saturated rings. The first-order valence-corrected chi connectivity index (χ1v) is 6.43. The predicted octanol–water partition coefficient (Wildman–Crippen LogP) is 2.86. The molecule has 0 aromatic heterocycles. The standard InChI is InChI=1S/C9H8BrClO3S/c1-5-2-8(10)6(4-15(13)14)3-7(5)9(11)12/h2-3H,4H2,1H3,(H,13,14). The second-order valence-electron chi connectivity index (χ2n) is 3.00. The normalized spacial score (nSPS) is 12.5. The van der Waals surface area contributed by atoms with Gasteiger partial charge in [-0.25, -0.2) is 4.21 Å². The minimum absolute atomic E-state index is 0.0297. The van der Waals surface area contributed by atoms with Crippen molar-refractivity contribution in [2.45, 2.75) is 12.7 Å². The number of carbonyl (C=O) groups excluding carboxylic acids is 1. The maximum Gasteiger partial charge on any atom is 0.252 e. The molecule has 1 aromatic carbocycles.